The Hall–Kier alpha value is -3.28. The maximum atomic E-state index is 13.0. The molecule has 1 amide bonds. The number of nitrogens with zero attached hydrogens (tertiary/aromatic N) is 1. The topological polar surface area (TPSA) is 83.9 Å². The first kappa shape index (κ1) is 19.5. The molecule has 0 saturated carbocycles. The van der Waals surface area contributed by atoms with Gasteiger partial charge >= 0.3 is 5.97 Å². The molecule has 6 heteroatoms. The van der Waals surface area contributed by atoms with Crippen molar-refractivity contribution < 1.29 is 23.5 Å². The molecule has 1 aromatic carbocycles. The monoisotopic (exact) mass is 381 g/mol. The van der Waals surface area contributed by atoms with Crippen LogP contribution in [0.4, 0.5) is 0 Å². The lowest BCUT2D eigenvalue weighted by Gasteiger charge is -2.20. The smallest absolute Gasteiger partial charge is 0.339 e. The van der Waals surface area contributed by atoms with Crippen molar-refractivity contribution in [2.75, 3.05) is 6.54 Å². The number of carboxylic acid groups (broad SMARTS) is 1. The Morgan fingerprint density at radius 1 is 1.14 bits per heavy atom. The third kappa shape index (κ3) is 4.52. The summed E-state index contributed by atoms with van der Waals surface area (Å²) in [7, 11) is 0. The minimum absolute atomic E-state index is 0.0299. The van der Waals surface area contributed by atoms with Gasteiger partial charge in [-0.05, 0) is 31.0 Å². The van der Waals surface area contributed by atoms with Crippen LogP contribution in [-0.2, 0) is 19.4 Å². The fraction of sp³-hybridized carbons (Fsp3) is 0.273. The lowest BCUT2D eigenvalue weighted by atomic mass is 10.1. The number of hydrogen-bond acceptors (Lipinski definition) is 4. The first-order valence-corrected chi connectivity index (χ1v) is 9.21. The Morgan fingerprint density at radius 2 is 1.89 bits per heavy atom. The fourth-order valence-corrected chi connectivity index (χ4v) is 3.00. The second-order valence-electron chi connectivity index (χ2n) is 6.65. The van der Waals surface area contributed by atoms with Crippen LogP contribution in [0.2, 0.25) is 0 Å². The van der Waals surface area contributed by atoms with Gasteiger partial charge in [0.05, 0.1) is 12.8 Å². The number of carbonyl (C=O) groups is 2. The summed E-state index contributed by atoms with van der Waals surface area (Å²) in [6.07, 6.45) is 2.62. The van der Waals surface area contributed by atoms with Gasteiger partial charge < -0.3 is 18.8 Å². The number of furan rings is 2. The second kappa shape index (κ2) is 8.61. The lowest BCUT2D eigenvalue weighted by molar-refractivity contribution is 0.0686. The maximum absolute atomic E-state index is 13.0. The molecule has 146 valence electrons. The van der Waals surface area contributed by atoms with Crippen LogP contribution in [0.3, 0.4) is 0 Å². The molecular weight excluding hydrogens is 358 g/mol. The molecule has 28 heavy (non-hydrogen) atoms. The molecule has 0 atom stereocenters. The van der Waals surface area contributed by atoms with Gasteiger partial charge in [-0.15, -0.1) is 0 Å². The number of rotatable bonds is 8. The van der Waals surface area contributed by atoms with E-state index in [0.29, 0.717) is 30.9 Å². The molecule has 3 rings (SSSR count). The molecule has 2 aromatic heterocycles. The molecule has 0 fully saturated rings. The zero-order valence-electron chi connectivity index (χ0n) is 16.0. The van der Waals surface area contributed by atoms with Crippen LogP contribution in [0.25, 0.3) is 0 Å². The molecule has 0 unspecified atom stereocenters. The Kier molecular flexibility index (Phi) is 5.99. The van der Waals surface area contributed by atoms with Crippen molar-refractivity contribution in [3.63, 3.8) is 0 Å². The van der Waals surface area contributed by atoms with Crippen molar-refractivity contribution in [2.24, 2.45) is 0 Å². The normalized spacial score (nSPS) is 10.8. The number of carboxylic acids is 1. The summed E-state index contributed by atoms with van der Waals surface area (Å²) in [6, 6.07) is 13.0. The highest BCUT2D eigenvalue weighted by molar-refractivity contribution is 5.96. The second-order valence-corrected chi connectivity index (χ2v) is 6.65. The Morgan fingerprint density at radius 3 is 2.46 bits per heavy atom. The van der Waals surface area contributed by atoms with Gasteiger partial charge in [0.2, 0.25) is 0 Å². The van der Waals surface area contributed by atoms with Crippen LogP contribution in [0.15, 0.2) is 57.6 Å². The molecule has 0 aliphatic rings. The molecule has 3 aromatic rings. The van der Waals surface area contributed by atoms with Gasteiger partial charge in [-0.2, -0.15) is 0 Å². The van der Waals surface area contributed by atoms with E-state index in [1.54, 1.807) is 30.2 Å². The summed E-state index contributed by atoms with van der Waals surface area (Å²) in [5.41, 5.74) is 2.32. The van der Waals surface area contributed by atoms with Crippen molar-refractivity contribution in [1.82, 2.24) is 4.90 Å². The molecule has 0 aliphatic heterocycles. The van der Waals surface area contributed by atoms with Crippen LogP contribution in [0.5, 0.6) is 0 Å². The van der Waals surface area contributed by atoms with Gasteiger partial charge in [-0.3, -0.25) is 4.79 Å². The molecule has 2 heterocycles. The van der Waals surface area contributed by atoms with Gasteiger partial charge in [-0.25, -0.2) is 4.79 Å². The van der Waals surface area contributed by atoms with Crippen LogP contribution < -0.4 is 0 Å². The number of aromatic carboxylic acids is 1. The third-order valence-corrected chi connectivity index (χ3v) is 4.58. The predicted molar refractivity (Wildman–Crippen MR) is 103 cm³/mol. The first-order valence-electron chi connectivity index (χ1n) is 9.21. The Bertz CT molecular complexity index is 938. The molecule has 0 spiro atoms. The van der Waals surface area contributed by atoms with Crippen molar-refractivity contribution in [2.45, 2.75) is 33.2 Å². The average Bonchev–Trinajstić information content (AvgIpc) is 3.35. The van der Waals surface area contributed by atoms with E-state index in [1.165, 1.54) is 11.6 Å². The minimum atomic E-state index is -1.10. The van der Waals surface area contributed by atoms with E-state index in [0.717, 1.165) is 5.56 Å². The predicted octanol–water partition coefficient (Wildman–Crippen LogP) is 4.33. The summed E-state index contributed by atoms with van der Waals surface area (Å²) in [4.78, 5) is 26.0. The van der Waals surface area contributed by atoms with Crippen molar-refractivity contribution >= 4 is 11.9 Å². The molecule has 1 N–H and O–H groups in total. The van der Waals surface area contributed by atoms with Gasteiger partial charge in [0.15, 0.2) is 5.76 Å². The van der Waals surface area contributed by atoms with Gasteiger partial charge in [0.25, 0.3) is 5.91 Å². The van der Waals surface area contributed by atoms with E-state index in [9.17, 15) is 14.7 Å². The molecule has 0 saturated heterocycles. The van der Waals surface area contributed by atoms with E-state index in [-0.39, 0.29) is 23.8 Å². The fourth-order valence-electron chi connectivity index (χ4n) is 3.00. The SMILES string of the molecule is CCc1oc(C(=O)N(CCc2ccc(C)cc2)Cc2ccco2)cc1C(=O)O. The zero-order chi connectivity index (χ0) is 20.1. The number of carbonyl (C=O) groups excluding carboxylic acids is 1. The summed E-state index contributed by atoms with van der Waals surface area (Å²) < 4.78 is 10.9. The summed E-state index contributed by atoms with van der Waals surface area (Å²) in [6.45, 7) is 4.55. The van der Waals surface area contributed by atoms with Crippen molar-refractivity contribution in [3.05, 3.63) is 82.7 Å². The minimum Gasteiger partial charge on any atom is -0.478 e. The molecule has 0 aliphatic carbocycles. The van der Waals surface area contributed by atoms with Crippen LogP contribution in [-0.4, -0.2) is 28.4 Å². The van der Waals surface area contributed by atoms with Crippen molar-refractivity contribution in [3.8, 4) is 0 Å². The third-order valence-electron chi connectivity index (χ3n) is 4.58. The van der Waals surface area contributed by atoms with E-state index < -0.39 is 5.97 Å². The van der Waals surface area contributed by atoms with Gasteiger partial charge in [-0.1, -0.05) is 36.8 Å². The van der Waals surface area contributed by atoms with Gasteiger partial charge in [0.1, 0.15) is 17.1 Å². The first-order chi connectivity index (χ1) is 13.5. The largest absolute Gasteiger partial charge is 0.478 e. The quantitative estimate of drug-likeness (QED) is 0.628. The Balaban J connectivity index is 1.82. The molecule has 0 bridgehead atoms. The standard InChI is InChI=1S/C22H23NO5/c1-3-19-18(22(25)26)13-20(28-19)21(24)23(14-17-5-4-12-27-17)11-10-16-8-6-15(2)7-9-16/h4-9,12-13H,3,10-11,14H2,1-2H3,(H,25,26). The highest BCUT2D eigenvalue weighted by Gasteiger charge is 2.24. The summed E-state index contributed by atoms with van der Waals surface area (Å²) >= 11 is 0. The zero-order valence-corrected chi connectivity index (χ0v) is 16.0. The van der Waals surface area contributed by atoms with Crippen LogP contribution in [0.1, 0.15) is 50.5 Å². The van der Waals surface area contributed by atoms with Crippen molar-refractivity contribution in [1.29, 1.82) is 0 Å². The van der Waals surface area contributed by atoms with Gasteiger partial charge in [0, 0.05) is 19.0 Å². The highest BCUT2D eigenvalue weighted by atomic mass is 16.4. The number of aryl methyl sites for hydroxylation is 2. The number of benzene rings is 1. The van der Waals surface area contributed by atoms with Crippen LogP contribution >= 0.6 is 0 Å². The van der Waals surface area contributed by atoms with E-state index in [1.807, 2.05) is 31.2 Å². The summed E-state index contributed by atoms with van der Waals surface area (Å²) in [5.74, 6) is -0.474. The molecular formula is C22H23NO5. The number of hydrogen-bond donors (Lipinski definition) is 1. The van der Waals surface area contributed by atoms with E-state index in [4.69, 9.17) is 8.83 Å². The number of amides is 1. The van der Waals surface area contributed by atoms with E-state index >= 15 is 0 Å². The van der Waals surface area contributed by atoms with Crippen LogP contribution in [0, 0.1) is 6.92 Å². The van der Waals surface area contributed by atoms with E-state index in [2.05, 4.69) is 0 Å². The highest BCUT2D eigenvalue weighted by Crippen LogP contribution is 2.20. The molecule has 6 nitrogen and oxygen atoms in total. The maximum Gasteiger partial charge on any atom is 0.339 e. The average molecular weight is 381 g/mol. The summed E-state index contributed by atoms with van der Waals surface area (Å²) in [5, 5.41) is 9.31. The Labute approximate surface area is 163 Å². The molecule has 0 radical (unpaired) electrons. The lowest BCUT2D eigenvalue weighted by Crippen LogP contribution is -2.32.